The van der Waals surface area contributed by atoms with Gasteiger partial charge in [-0.05, 0) is 62.3 Å². The molecule has 1 saturated heterocycles. The molecule has 1 aliphatic heterocycles. The number of carbonyl (C=O) groups is 1. The SMILES string of the molecule is C[C@@H]1C[C@H](N)CCN1C(=O)COc1ccc2c(c1)CCC2. The largest absolute Gasteiger partial charge is 0.484 e. The Morgan fingerprint density at radius 2 is 2.19 bits per heavy atom. The topological polar surface area (TPSA) is 55.6 Å². The minimum atomic E-state index is 0.0647. The van der Waals surface area contributed by atoms with Gasteiger partial charge in [0, 0.05) is 18.6 Å². The van der Waals surface area contributed by atoms with E-state index in [1.54, 1.807) is 0 Å². The molecule has 114 valence electrons. The van der Waals surface area contributed by atoms with Crippen LogP contribution in [-0.2, 0) is 17.6 Å². The second-order valence-electron chi connectivity index (χ2n) is 6.29. The van der Waals surface area contributed by atoms with Gasteiger partial charge in [-0.1, -0.05) is 6.07 Å². The number of carbonyl (C=O) groups excluding carboxylic acids is 1. The second-order valence-corrected chi connectivity index (χ2v) is 6.29. The van der Waals surface area contributed by atoms with E-state index in [0.29, 0.717) is 0 Å². The first-order valence-electron chi connectivity index (χ1n) is 7.93. The van der Waals surface area contributed by atoms with Gasteiger partial charge in [0.25, 0.3) is 5.91 Å². The van der Waals surface area contributed by atoms with Crippen molar-refractivity contribution in [3.05, 3.63) is 29.3 Å². The summed E-state index contributed by atoms with van der Waals surface area (Å²) in [6.07, 6.45) is 5.28. The van der Waals surface area contributed by atoms with Crippen molar-refractivity contribution in [1.29, 1.82) is 0 Å². The van der Waals surface area contributed by atoms with E-state index in [2.05, 4.69) is 19.1 Å². The Balaban J connectivity index is 1.56. The Bertz CT molecular complexity index is 530. The van der Waals surface area contributed by atoms with Crippen LogP contribution in [0.5, 0.6) is 5.75 Å². The van der Waals surface area contributed by atoms with E-state index in [1.807, 2.05) is 11.0 Å². The standard InChI is InChI=1S/C17H24N2O2/c1-12-9-15(18)7-8-19(12)17(20)11-21-16-6-5-13-3-2-4-14(13)10-16/h5-6,10,12,15H,2-4,7-9,11,18H2,1H3/t12-,15-/m1/s1. The molecular formula is C17H24N2O2. The zero-order valence-electron chi connectivity index (χ0n) is 12.7. The molecule has 2 atom stereocenters. The quantitative estimate of drug-likeness (QED) is 0.924. The average Bonchev–Trinajstić information content (AvgIpc) is 2.92. The molecule has 0 spiro atoms. The number of nitrogens with two attached hydrogens (primary N) is 1. The van der Waals surface area contributed by atoms with E-state index in [1.165, 1.54) is 24.0 Å². The molecule has 0 unspecified atom stereocenters. The lowest BCUT2D eigenvalue weighted by Gasteiger charge is -2.36. The van der Waals surface area contributed by atoms with Crippen molar-refractivity contribution in [3.8, 4) is 5.75 Å². The van der Waals surface area contributed by atoms with Gasteiger partial charge >= 0.3 is 0 Å². The summed E-state index contributed by atoms with van der Waals surface area (Å²) in [5.74, 6) is 0.875. The van der Waals surface area contributed by atoms with Crippen molar-refractivity contribution in [2.75, 3.05) is 13.2 Å². The molecule has 0 saturated carbocycles. The lowest BCUT2D eigenvalue weighted by Crippen LogP contribution is -2.49. The van der Waals surface area contributed by atoms with E-state index in [0.717, 1.165) is 31.6 Å². The Hall–Kier alpha value is -1.55. The van der Waals surface area contributed by atoms with E-state index in [-0.39, 0.29) is 24.6 Å². The maximum Gasteiger partial charge on any atom is 0.260 e. The molecule has 1 amide bonds. The zero-order valence-corrected chi connectivity index (χ0v) is 12.7. The van der Waals surface area contributed by atoms with Gasteiger partial charge in [-0.2, -0.15) is 0 Å². The van der Waals surface area contributed by atoms with Crippen molar-refractivity contribution in [2.24, 2.45) is 5.73 Å². The summed E-state index contributed by atoms with van der Waals surface area (Å²) in [7, 11) is 0. The number of nitrogens with zero attached hydrogens (tertiary/aromatic N) is 1. The van der Waals surface area contributed by atoms with E-state index in [4.69, 9.17) is 10.5 Å². The number of amides is 1. The van der Waals surface area contributed by atoms with E-state index in [9.17, 15) is 4.79 Å². The number of fused-ring (bicyclic) bond motifs is 1. The molecule has 0 bridgehead atoms. The van der Waals surface area contributed by atoms with Gasteiger partial charge in [0.2, 0.25) is 0 Å². The van der Waals surface area contributed by atoms with Crippen LogP contribution in [0.1, 0.15) is 37.3 Å². The van der Waals surface area contributed by atoms with Gasteiger partial charge < -0.3 is 15.4 Å². The fraction of sp³-hybridized carbons (Fsp3) is 0.588. The second kappa shape index (κ2) is 6.06. The number of ether oxygens (including phenoxy) is 1. The predicted molar refractivity (Wildman–Crippen MR) is 82.3 cm³/mol. The first-order chi connectivity index (χ1) is 10.1. The molecule has 4 heteroatoms. The maximum absolute atomic E-state index is 12.3. The maximum atomic E-state index is 12.3. The van der Waals surface area contributed by atoms with Crippen molar-refractivity contribution in [2.45, 2.75) is 51.1 Å². The van der Waals surface area contributed by atoms with Gasteiger partial charge in [-0.15, -0.1) is 0 Å². The van der Waals surface area contributed by atoms with Crippen LogP contribution in [0, 0.1) is 0 Å². The minimum Gasteiger partial charge on any atom is -0.484 e. The average molecular weight is 288 g/mol. The molecule has 21 heavy (non-hydrogen) atoms. The summed E-state index contributed by atoms with van der Waals surface area (Å²) in [5.41, 5.74) is 8.73. The molecule has 1 fully saturated rings. The minimum absolute atomic E-state index is 0.0647. The first-order valence-corrected chi connectivity index (χ1v) is 7.93. The molecule has 0 radical (unpaired) electrons. The van der Waals surface area contributed by atoms with Gasteiger partial charge in [0.1, 0.15) is 5.75 Å². The molecule has 3 rings (SSSR count). The van der Waals surface area contributed by atoms with E-state index >= 15 is 0 Å². The van der Waals surface area contributed by atoms with Gasteiger partial charge in [0.05, 0.1) is 0 Å². The highest BCUT2D eigenvalue weighted by atomic mass is 16.5. The third-order valence-electron chi connectivity index (χ3n) is 4.67. The van der Waals surface area contributed by atoms with Crippen LogP contribution in [0.25, 0.3) is 0 Å². The van der Waals surface area contributed by atoms with Gasteiger partial charge in [-0.3, -0.25) is 4.79 Å². The number of likely N-dealkylation sites (tertiary alicyclic amines) is 1. The molecule has 1 aromatic carbocycles. The molecular weight excluding hydrogens is 264 g/mol. The molecule has 2 aliphatic rings. The monoisotopic (exact) mass is 288 g/mol. The first kappa shape index (κ1) is 14.4. The van der Waals surface area contributed by atoms with Crippen molar-refractivity contribution >= 4 is 5.91 Å². The molecule has 0 aromatic heterocycles. The van der Waals surface area contributed by atoms with Crippen LogP contribution < -0.4 is 10.5 Å². The van der Waals surface area contributed by atoms with Gasteiger partial charge in [-0.25, -0.2) is 0 Å². The Morgan fingerprint density at radius 1 is 1.38 bits per heavy atom. The third kappa shape index (κ3) is 3.21. The number of rotatable bonds is 3. The van der Waals surface area contributed by atoms with Crippen LogP contribution >= 0.6 is 0 Å². The fourth-order valence-electron chi connectivity index (χ4n) is 3.45. The smallest absolute Gasteiger partial charge is 0.260 e. The lowest BCUT2D eigenvalue weighted by atomic mass is 9.99. The Labute approximate surface area is 126 Å². The van der Waals surface area contributed by atoms with E-state index < -0.39 is 0 Å². The van der Waals surface area contributed by atoms with Crippen molar-refractivity contribution in [1.82, 2.24) is 4.90 Å². The Morgan fingerprint density at radius 3 is 3.00 bits per heavy atom. The molecule has 2 N–H and O–H groups in total. The number of aryl methyl sites for hydroxylation is 2. The number of hydrogen-bond acceptors (Lipinski definition) is 3. The van der Waals surface area contributed by atoms with Crippen LogP contribution in [0.2, 0.25) is 0 Å². The summed E-state index contributed by atoms with van der Waals surface area (Å²) in [4.78, 5) is 14.2. The summed E-state index contributed by atoms with van der Waals surface area (Å²) in [6, 6.07) is 6.63. The lowest BCUT2D eigenvalue weighted by molar-refractivity contribution is -0.136. The normalized spacial score (nSPS) is 24.8. The predicted octanol–water partition coefficient (Wildman–Crippen LogP) is 1.89. The van der Waals surface area contributed by atoms with Crippen LogP contribution in [0.15, 0.2) is 18.2 Å². The molecule has 1 aromatic rings. The van der Waals surface area contributed by atoms with Gasteiger partial charge in [0.15, 0.2) is 6.61 Å². The van der Waals surface area contributed by atoms with Crippen LogP contribution in [0.3, 0.4) is 0 Å². The highest BCUT2D eigenvalue weighted by molar-refractivity contribution is 5.78. The molecule has 4 nitrogen and oxygen atoms in total. The molecule has 1 heterocycles. The third-order valence-corrected chi connectivity index (χ3v) is 4.67. The number of piperidine rings is 1. The number of hydrogen-bond donors (Lipinski definition) is 1. The Kier molecular flexibility index (Phi) is 4.15. The summed E-state index contributed by atoms with van der Waals surface area (Å²) < 4.78 is 5.70. The fourth-order valence-corrected chi connectivity index (χ4v) is 3.45. The van der Waals surface area contributed by atoms with Crippen LogP contribution in [-0.4, -0.2) is 36.0 Å². The highest BCUT2D eigenvalue weighted by Gasteiger charge is 2.27. The summed E-state index contributed by atoms with van der Waals surface area (Å²) in [6.45, 7) is 2.93. The van der Waals surface area contributed by atoms with Crippen molar-refractivity contribution in [3.63, 3.8) is 0 Å². The van der Waals surface area contributed by atoms with Crippen molar-refractivity contribution < 1.29 is 9.53 Å². The zero-order chi connectivity index (χ0) is 14.8. The summed E-state index contributed by atoms with van der Waals surface area (Å²) >= 11 is 0. The van der Waals surface area contributed by atoms with Crippen LogP contribution in [0.4, 0.5) is 0 Å². The number of benzene rings is 1. The summed E-state index contributed by atoms with van der Waals surface area (Å²) in [5, 5.41) is 0. The molecule has 1 aliphatic carbocycles. The highest BCUT2D eigenvalue weighted by Crippen LogP contribution is 2.26.